The molecule has 0 bridgehead atoms. The van der Waals surface area contributed by atoms with E-state index >= 15 is 0 Å². The maximum Gasteiger partial charge on any atom is 0.355 e. The van der Waals surface area contributed by atoms with Gasteiger partial charge in [0.05, 0.1) is 32.5 Å². The van der Waals surface area contributed by atoms with Crippen LogP contribution in [0.2, 0.25) is 10.0 Å². The number of rotatable bonds is 6. The van der Waals surface area contributed by atoms with Crippen LogP contribution in [0.15, 0.2) is 64.9 Å². The van der Waals surface area contributed by atoms with Gasteiger partial charge < -0.3 is 9.80 Å². The predicted octanol–water partition coefficient (Wildman–Crippen LogP) is 6.22. The predicted molar refractivity (Wildman–Crippen MR) is 168 cm³/mol. The van der Waals surface area contributed by atoms with Crippen LogP contribution in [0.1, 0.15) is 32.4 Å². The number of fused-ring (bicyclic) bond motifs is 1. The molecular weight excluding hydrogens is 579 g/mol. The molecule has 0 unspecified atom stereocenters. The minimum atomic E-state index is -0.477. The standard InChI is InChI=1S/C30H30Cl2N6O2S/c1-6-24(39)36-13-14-37(18(4)16-36)28-20-15-22(32)26(19-9-7-8-10-21(19)31)34-29(20)38(30(40)35-28)27-23(41-5)11-12-33-25(27)17(2)3/h6-12,15,17-18H,1,13-14,16H2,2-5H3/t18-/m0/s1. The van der Waals surface area contributed by atoms with Crippen molar-refractivity contribution in [1.82, 2.24) is 24.4 Å². The second-order valence-corrected chi connectivity index (χ2v) is 11.8. The van der Waals surface area contributed by atoms with Crippen LogP contribution in [0, 0.1) is 0 Å². The number of pyridine rings is 2. The SMILES string of the molecule is C=CC(=O)N1CCN(c2nc(=O)n(-c3c(SC)ccnc3C(C)C)c3nc(-c4ccccc4Cl)c(Cl)cc23)[C@@H](C)C1. The van der Waals surface area contributed by atoms with E-state index in [1.807, 2.05) is 56.2 Å². The van der Waals surface area contributed by atoms with Crippen LogP contribution in [-0.2, 0) is 4.79 Å². The Balaban J connectivity index is 1.83. The van der Waals surface area contributed by atoms with Crippen molar-refractivity contribution in [3.05, 3.63) is 81.5 Å². The summed E-state index contributed by atoms with van der Waals surface area (Å²) in [5.74, 6) is 0.381. The minimum Gasteiger partial charge on any atom is -0.350 e. The van der Waals surface area contributed by atoms with Crippen LogP contribution in [0.5, 0.6) is 0 Å². The molecule has 1 saturated heterocycles. The molecule has 4 heterocycles. The third-order valence-corrected chi connectivity index (χ3v) is 8.61. The summed E-state index contributed by atoms with van der Waals surface area (Å²) in [6, 6.07) is 10.9. The van der Waals surface area contributed by atoms with Crippen molar-refractivity contribution in [3.8, 4) is 16.9 Å². The molecule has 0 saturated carbocycles. The topological polar surface area (TPSA) is 84.2 Å². The molecule has 11 heteroatoms. The van der Waals surface area contributed by atoms with Crippen molar-refractivity contribution in [3.63, 3.8) is 0 Å². The van der Waals surface area contributed by atoms with E-state index in [-0.39, 0.29) is 17.9 Å². The van der Waals surface area contributed by atoms with Crippen LogP contribution in [-0.4, -0.2) is 62.3 Å². The number of nitrogens with zero attached hydrogens (tertiary/aromatic N) is 6. The number of amides is 1. The van der Waals surface area contributed by atoms with Crippen LogP contribution in [0.4, 0.5) is 5.82 Å². The first-order valence-corrected chi connectivity index (χ1v) is 15.2. The van der Waals surface area contributed by atoms with E-state index in [0.29, 0.717) is 63.5 Å². The molecule has 3 aromatic heterocycles. The Morgan fingerprint density at radius 2 is 1.90 bits per heavy atom. The Kier molecular flexibility index (Phi) is 8.40. The molecule has 1 fully saturated rings. The van der Waals surface area contributed by atoms with E-state index in [1.165, 1.54) is 17.8 Å². The molecule has 1 amide bonds. The Bertz CT molecular complexity index is 1720. The zero-order valence-electron chi connectivity index (χ0n) is 23.3. The second kappa shape index (κ2) is 11.8. The first-order valence-electron chi connectivity index (χ1n) is 13.3. The van der Waals surface area contributed by atoms with Gasteiger partial charge in [-0.15, -0.1) is 11.8 Å². The van der Waals surface area contributed by atoms with E-state index in [1.54, 1.807) is 27.8 Å². The number of thioether (sulfide) groups is 1. The van der Waals surface area contributed by atoms with E-state index in [2.05, 4.69) is 16.5 Å². The largest absolute Gasteiger partial charge is 0.355 e. The summed E-state index contributed by atoms with van der Waals surface area (Å²) in [5.41, 5.74) is 2.46. The summed E-state index contributed by atoms with van der Waals surface area (Å²) >= 11 is 15.0. The number of anilines is 1. The van der Waals surface area contributed by atoms with E-state index in [0.717, 1.165) is 10.6 Å². The lowest BCUT2D eigenvalue weighted by molar-refractivity contribution is -0.126. The number of carbonyl (C=O) groups excluding carboxylic acids is 1. The summed E-state index contributed by atoms with van der Waals surface area (Å²) < 4.78 is 1.55. The zero-order chi connectivity index (χ0) is 29.4. The third-order valence-electron chi connectivity index (χ3n) is 7.22. The van der Waals surface area contributed by atoms with Crippen LogP contribution < -0.4 is 10.6 Å². The lowest BCUT2D eigenvalue weighted by Crippen LogP contribution is -2.54. The Morgan fingerprint density at radius 1 is 1.15 bits per heavy atom. The molecule has 1 aliphatic heterocycles. The van der Waals surface area contributed by atoms with Gasteiger partial charge in [-0.05, 0) is 43.4 Å². The highest BCUT2D eigenvalue weighted by molar-refractivity contribution is 7.98. The van der Waals surface area contributed by atoms with Gasteiger partial charge in [0.15, 0.2) is 5.65 Å². The average molecular weight is 610 g/mol. The van der Waals surface area contributed by atoms with E-state index < -0.39 is 5.69 Å². The first-order chi connectivity index (χ1) is 19.7. The fourth-order valence-electron chi connectivity index (χ4n) is 5.23. The van der Waals surface area contributed by atoms with Crippen molar-refractivity contribution in [2.75, 3.05) is 30.8 Å². The van der Waals surface area contributed by atoms with E-state index in [4.69, 9.17) is 28.2 Å². The van der Waals surface area contributed by atoms with Gasteiger partial charge in [0.25, 0.3) is 0 Å². The fourth-order valence-corrected chi connectivity index (χ4v) is 6.30. The van der Waals surface area contributed by atoms with E-state index in [9.17, 15) is 9.59 Å². The number of halogens is 2. The lowest BCUT2D eigenvalue weighted by atomic mass is 10.1. The van der Waals surface area contributed by atoms with Crippen molar-refractivity contribution in [2.45, 2.75) is 37.6 Å². The Labute approximate surface area is 253 Å². The smallest absolute Gasteiger partial charge is 0.350 e. The summed E-state index contributed by atoms with van der Waals surface area (Å²) in [5, 5.41) is 1.49. The summed E-state index contributed by atoms with van der Waals surface area (Å²) in [6.45, 7) is 11.1. The van der Waals surface area contributed by atoms with Gasteiger partial charge >= 0.3 is 5.69 Å². The van der Waals surface area contributed by atoms with Gasteiger partial charge in [-0.1, -0.05) is 61.8 Å². The maximum absolute atomic E-state index is 14.1. The summed E-state index contributed by atoms with van der Waals surface area (Å²) in [4.78, 5) is 45.3. The van der Waals surface area contributed by atoms with Gasteiger partial charge in [0, 0.05) is 42.3 Å². The molecule has 1 aromatic carbocycles. The number of carbonyl (C=O) groups is 1. The van der Waals surface area contributed by atoms with Gasteiger partial charge in [0.2, 0.25) is 5.91 Å². The van der Waals surface area contributed by atoms with Crippen LogP contribution >= 0.6 is 35.0 Å². The zero-order valence-corrected chi connectivity index (χ0v) is 25.6. The Hall–Kier alpha value is -3.40. The highest BCUT2D eigenvalue weighted by Gasteiger charge is 2.30. The first kappa shape index (κ1) is 29.1. The normalized spacial score (nSPS) is 15.5. The highest BCUT2D eigenvalue weighted by Crippen LogP contribution is 2.38. The molecule has 0 aliphatic carbocycles. The van der Waals surface area contributed by atoms with Crippen molar-refractivity contribution < 1.29 is 4.79 Å². The van der Waals surface area contributed by atoms with Crippen molar-refractivity contribution >= 4 is 57.7 Å². The molecular formula is C30H30Cl2N6O2S. The number of piperazine rings is 1. The van der Waals surface area contributed by atoms with Gasteiger partial charge in [-0.2, -0.15) is 4.98 Å². The fraction of sp³-hybridized carbons (Fsp3) is 0.300. The lowest BCUT2D eigenvalue weighted by Gasteiger charge is -2.40. The molecule has 1 aliphatic rings. The molecule has 0 N–H and O–H groups in total. The van der Waals surface area contributed by atoms with Gasteiger partial charge in [-0.25, -0.2) is 14.3 Å². The molecule has 1 atom stereocenters. The quantitative estimate of drug-likeness (QED) is 0.190. The molecule has 4 aromatic rings. The molecule has 212 valence electrons. The minimum absolute atomic E-state index is 0.0320. The van der Waals surface area contributed by atoms with Gasteiger partial charge in [0.1, 0.15) is 5.82 Å². The van der Waals surface area contributed by atoms with Crippen LogP contribution in [0.25, 0.3) is 28.0 Å². The second-order valence-electron chi connectivity index (χ2n) is 10.2. The highest BCUT2D eigenvalue weighted by atomic mass is 35.5. The number of hydrogen-bond acceptors (Lipinski definition) is 7. The molecule has 41 heavy (non-hydrogen) atoms. The summed E-state index contributed by atoms with van der Waals surface area (Å²) in [7, 11) is 0. The number of hydrogen-bond donors (Lipinski definition) is 0. The van der Waals surface area contributed by atoms with Gasteiger partial charge in [-0.3, -0.25) is 9.78 Å². The van der Waals surface area contributed by atoms with Crippen molar-refractivity contribution in [2.24, 2.45) is 0 Å². The number of aromatic nitrogens is 4. The number of benzene rings is 1. The molecule has 0 radical (unpaired) electrons. The molecule has 5 rings (SSSR count). The monoisotopic (exact) mass is 608 g/mol. The van der Waals surface area contributed by atoms with Crippen molar-refractivity contribution in [1.29, 1.82) is 0 Å². The molecule has 8 nitrogen and oxygen atoms in total. The van der Waals surface area contributed by atoms with Crippen LogP contribution in [0.3, 0.4) is 0 Å². The third kappa shape index (κ3) is 5.34. The summed E-state index contributed by atoms with van der Waals surface area (Å²) in [6.07, 6.45) is 5.04. The maximum atomic E-state index is 14.1. The Morgan fingerprint density at radius 3 is 2.56 bits per heavy atom. The average Bonchev–Trinajstić information content (AvgIpc) is 2.96. The molecule has 0 spiro atoms.